The first-order chi connectivity index (χ1) is 9.90. The van der Waals surface area contributed by atoms with Crippen LogP contribution in [0.4, 0.5) is 10.8 Å². The number of nitrogens with zero attached hydrogens (tertiary/aromatic N) is 4. The highest BCUT2D eigenvalue weighted by atomic mass is 32.1. The topological polar surface area (TPSA) is 103 Å². The normalized spacial score (nSPS) is 12.1. The van der Waals surface area contributed by atoms with Gasteiger partial charge in [0.15, 0.2) is 5.13 Å². The average Bonchev–Trinajstić information content (AvgIpc) is 2.98. The SMILES string of the molecule is Cc1nn(C[C@@H](C)C(=O)Nc2nccs2)c(C)c1[N+](=O)[O-]. The van der Waals surface area contributed by atoms with Gasteiger partial charge in [0.2, 0.25) is 5.91 Å². The maximum Gasteiger partial charge on any atom is 0.312 e. The number of carbonyl (C=O) groups excluding carboxylic acids is 1. The molecule has 2 aromatic heterocycles. The second kappa shape index (κ2) is 6.00. The molecule has 0 aliphatic heterocycles. The van der Waals surface area contributed by atoms with Crippen molar-refractivity contribution in [2.24, 2.45) is 5.92 Å². The van der Waals surface area contributed by atoms with Crippen molar-refractivity contribution in [2.45, 2.75) is 27.3 Å². The smallest absolute Gasteiger partial charge is 0.302 e. The first kappa shape index (κ1) is 15.1. The highest BCUT2D eigenvalue weighted by molar-refractivity contribution is 7.13. The summed E-state index contributed by atoms with van der Waals surface area (Å²) in [6.45, 7) is 5.23. The predicted octanol–water partition coefficient (Wildman–Crippen LogP) is 2.14. The molecule has 1 amide bonds. The molecule has 1 atom stereocenters. The molecule has 0 radical (unpaired) electrons. The number of nitro groups is 1. The Morgan fingerprint density at radius 1 is 1.57 bits per heavy atom. The maximum absolute atomic E-state index is 12.0. The lowest BCUT2D eigenvalue weighted by molar-refractivity contribution is -0.386. The molecule has 0 saturated heterocycles. The summed E-state index contributed by atoms with van der Waals surface area (Å²) in [5.41, 5.74) is 0.805. The molecule has 0 aliphatic rings. The standard InChI is InChI=1S/C12H15N5O3S/c1-7(11(18)14-12-13-4-5-21-12)6-16-9(3)10(17(19)20)8(2)15-16/h4-5,7H,6H2,1-3H3,(H,13,14,18)/t7-/m1/s1. The minimum Gasteiger partial charge on any atom is -0.302 e. The predicted molar refractivity (Wildman–Crippen MR) is 78.3 cm³/mol. The monoisotopic (exact) mass is 309 g/mol. The summed E-state index contributed by atoms with van der Waals surface area (Å²) in [5, 5.41) is 20.1. The number of aromatic nitrogens is 3. The van der Waals surface area contributed by atoms with Crippen LogP contribution in [0.1, 0.15) is 18.3 Å². The van der Waals surface area contributed by atoms with E-state index in [1.807, 2.05) is 0 Å². The fraction of sp³-hybridized carbons (Fsp3) is 0.417. The maximum atomic E-state index is 12.0. The van der Waals surface area contributed by atoms with E-state index in [1.54, 1.807) is 32.3 Å². The lowest BCUT2D eigenvalue weighted by Gasteiger charge is -2.11. The summed E-state index contributed by atoms with van der Waals surface area (Å²) < 4.78 is 1.50. The molecule has 0 fully saturated rings. The second-order valence-electron chi connectivity index (χ2n) is 4.69. The summed E-state index contributed by atoms with van der Waals surface area (Å²) in [6.07, 6.45) is 1.61. The van der Waals surface area contributed by atoms with Gasteiger partial charge >= 0.3 is 5.69 Å². The fourth-order valence-electron chi connectivity index (χ4n) is 1.99. The summed E-state index contributed by atoms with van der Waals surface area (Å²) in [4.78, 5) is 26.5. The van der Waals surface area contributed by atoms with E-state index >= 15 is 0 Å². The lowest BCUT2D eigenvalue weighted by Crippen LogP contribution is -2.25. The van der Waals surface area contributed by atoms with E-state index in [4.69, 9.17) is 0 Å². The van der Waals surface area contributed by atoms with Gasteiger partial charge in [-0.1, -0.05) is 6.92 Å². The van der Waals surface area contributed by atoms with Crippen LogP contribution in [0.2, 0.25) is 0 Å². The highest BCUT2D eigenvalue weighted by Gasteiger charge is 2.24. The van der Waals surface area contributed by atoms with E-state index in [1.165, 1.54) is 16.0 Å². The molecule has 1 N–H and O–H groups in total. The summed E-state index contributed by atoms with van der Waals surface area (Å²) in [5.74, 6) is -0.577. The van der Waals surface area contributed by atoms with Crippen LogP contribution in [0.25, 0.3) is 0 Å². The molecule has 2 aromatic rings. The lowest BCUT2D eigenvalue weighted by atomic mass is 10.1. The van der Waals surface area contributed by atoms with Crippen LogP contribution in [-0.4, -0.2) is 25.6 Å². The zero-order valence-electron chi connectivity index (χ0n) is 11.9. The summed E-state index contributed by atoms with van der Waals surface area (Å²) in [7, 11) is 0. The van der Waals surface area contributed by atoms with Crippen LogP contribution in [0, 0.1) is 29.9 Å². The highest BCUT2D eigenvalue weighted by Crippen LogP contribution is 2.22. The Bertz CT molecular complexity index is 665. The Kier molecular flexibility index (Phi) is 4.32. The van der Waals surface area contributed by atoms with Crippen LogP contribution < -0.4 is 5.32 Å². The van der Waals surface area contributed by atoms with Gasteiger partial charge < -0.3 is 5.32 Å². The number of thiazole rings is 1. The number of anilines is 1. The summed E-state index contributed by atoms with van der Waals surface area (Å²) >= 11 is 1.33. The molecule has 2 rings (SSSR count). The van der Waals surface area contributed by atoms with E-state index in [0.29, 0.717) is 16.5 Å². The zero-order chi connectivity index (χ0) is 15.6. The molecule has 0 aliphatic carbocycles. The van der Waals surface area contributed by atoms with Crippen molar-refractivity contribution in [1.82, 2.24) is 14.8 Å². The zero-order valence-corrected chi connectivity index (χ0v) is 12.7. The molecule has 21 heavy (non-hydrogen) atoms. The first-order valence-electron chi connectivity index (χ1n) is 6.29. The molecule has 0 bridgehead atoms. The van der Waals surface area contributed by atoms with Crippen molar-refractivity contribution in [3.05, 3.63) is 33.1 Å². The number of nitrogens with one attached hydrogen (secondary N) is 1. The Morgan fingerprint density at radius 2 is 2.29 bits per heavy atom. The van der Waals surface area contributed by atoms with Crippen LogP contribution in [0.15, 0.2) is 11.6 Å². The molecule has 0 unspecified atom stereocenters. The minimum absolute atomic E-state index is 0.00234. The average molecular weight is 309 g/mol. The third-order valence-electron chi connectivity index (χ3n) is 3.08. The van der Waals surface area contributed by atoms with Crippen LogP contribution >= 0.6 is 11.3 Å². The molecule has 2 heterocycles. The number of rotatable bonds is 5. The Morgan fingerprint density at radius 3 is 2.81 bits per heavy atom. The molecule has 112 valence electrons. The van der Waals surface area contributed by atoms with Gasteiger partial charge in [-0.15, -0.1) is 11.3 Å². The number of hydrogen-bond donors (Lipinski definition) is 1. The van der Waals surface area contributed by atoms with E-state index in [-0.39, 0.29) is 24.1 Å². The third-order valence-corrected chi connectivity index (χ3v) is 3.77. The molecule has 0 saturated carbocycles. The Labute approximate surface area is 125 Å². The van der Waals surface area contributed by atoms with Crippen molar-refractivity contribution in [3.8, 4) is 0 Å². The molecule has 8 nitrogen and oxygen atoms in total. The van der Waals surface area contributed by atoms with Gasteiger partial charge in [0.1, 0.15) is 11.4 Å². The number of carbonyl (C=O) groups is 1. The van der Waals surface area contributed by atoms with Gasteiger partial charge in [-0.05, 0) is 13.8 Å². The van der Waals surface area contributed by atoms with Gasteiger partial charge in [0, 0.05) is 11.6 Å². The molecule has 0 spiro atoms. The van der Waals surface area contributed by atoms with Gasteiger partial charge in [0.05, 0.1) is 17.4 Å². The molecule has 0 aromatic carbocycles. The van der Waals surface area contributed by atoms with Crippen molar-refractivity contribution >= 4 is 28.1 Å². The largest absolute Gasteiger partial charge is 0.312 e. The number of hydrogen-bond acceptors (Lipinski definition) is 6. The minimum atomic E-state index is -0.450. The van der Waals surface area contributed by atoms with Gasteiger partial charge in [-0.25, -0.2) is 4.98 Å². The Balaban J connectivity index is 2.09. The molecular weight excluding hydrogens is 294 g/mol. The fourth-order valence-corrected chi connectivity index (χ4v) is 2.52. The van der Waals surface area contributed by atoms with Gasteiger partial charge in [0.25, 0.3) is 0 Å². The van der Waals surface area contributed by atoms with Crippen LogP contribution in [-0.2, 0) is 11.3 Å². The Hall–Kier alpha value is -2.29. The summed E-state index contributed by atoms with van der Waals surface area (Å²) in [6, 6.07) is 0. The van der Waals surface area contributed by atoms with Crippen LogP contribution in [0.5, 0.6) is 0 Å². The quantitative estimate of drug-likeness (QED) is 0.673. The second-order valence-corrected chi connectivity index (χ2v) is 5.58. The van der Waals surface area contributed by atoms with Gasteiger partial charge in [-0.3, -0.25) is 19.6 Å². The van der Waals surface area contributed by atoms with Crippen LogP contribution in [0.3, 0.4) is 0 Å². The van der Waals surface area contributed by atoms with E-state index in [2.05, 4.69) is 15.4 Å². The van der Waals surface area contributed by atoms with Gasteiger partial charge in [-0.2, -0.15) is 5.10 Å². The first-order valence-corrected chi connectivity index (χ1v) is 7.17. The van der Waals surface area contributed by atoms with Crippen molar-refractivity contribution < 1.29 is 9.72 Å². The number of amides is 1. The van der Waals surface area contributed by atoms with Crippen molar-refractivity contribution in [1.29, 1.82) is 0 Å². The third kappa shape index (κ3) is 3.24. The van der Waals surface area contributed by atoms with E-state index in [9.17, 15) is 14.9 Å². The number of aryl methyl sites for hydroxylation is 1. The van der Waals surface area contributed by atoms with Crippen molar-refractivity contribution in [3.63, 3.8) is 0 Å². The van der Waals surface area contributed by atoms with Crippen molar-refractivity contribution in [2.75, 3.05) is 5.32 Å². The van der Waals surface area contributed by atoms with E-state index in [0.717, 1.165) is 0 Å². The molecule has 9 heteroatoms. The molecular formula is C12H15N5O3S. The van der Waals surface area contributed by atoms with E-state index < -0.39 is 4.92 Å².